The molecule has 0 fully saturated rings. The molecule has 1 aliphatic rings. The minimum atomic E-state index is -0.799. The van der Waals surface area contributed by atoms with E-state index in [1.54, 1.807) is 49.4 Å². The van der Waals surface area contributed by atoms with Crippen LogP contribution in [0.2, 0.25) is 0 Å². The summed E-state index contributed by atoms with van der Waals surface area (Å²) in [6.45, 7) is 3.57. The molecule has 0 saturated heterocycles. The normalized spacial score (nSPS) is 15.0. The summed E-state index contributed by atoms with van der Waals surface area (Å²) in [7, 11) is 0. The predicted octanol–water partition coefficient (Wildman–Crippen LogP) is 2.35. The molecule has 3 aromatic rings. The maximum Gasteiger partial charge on any atom is 0.335 e. The zero-order valence-corrected chi connectivity index (χ0v) is 16.3. The van der Waals surface area contributed by atoms with Crippen LogP contribution in [0.15, 0.2) is 74.9 Å². The summed E-state index contributed by atoms with van der Waals surface area (Å²) in [5.74, 6) is -0.996. The van der Waals surface area contributed by atoms with Crippen LogP contribution in [-0.4, -0.2) is 26.3 Å². The summed E-state index contributed by atoms with van der Waals surface area (Å²) in [6, 6.07) is 15.6. The fraction of sp³-hybridized carbons (Fsp3) is 0.0909. The van der Waals surface area contributed by atoms with E-state index in [0.29, 0.717) is 17.1 Å². The number of hydrogen-bond acceptors (Lipinski definition) is 5. The number of H-pyrrole nitrogens is 1. The van der Waals surface area contributed by atoms with Crippen molar-refractivity contribution in [2.24, 2.45) is 5.10 Å². The van der Waals surface area contributed by atoms with Crippen molar-refractivity contribution in [1.29, 1.82) is 0 Å². The van der Waals surface area contributed by atoms with Gasteiger partial charge in [0.25, 0.3) is 11.5 Å². The molecule has 150 valence electrons. The molecule has 0 bridgehead atoms. The number of aryl methyl sites for hydroxylation is 1. The van der Waals surface area contributed by atoms with E-state index in [1.807, 2.05) is 19.1 Å². The highest BCUT2D eigenvalue weighted by atomic mass is 16.3. The summed E-state index contributed by atoms with van der Waals surface area (Å²) < 4.78 is 0.970. The molecule has 0 atom stereocenters. The molecule has 0 radical (unpaired) electrons. The number of rotatable bonds is 3. The Kier molecular flexibility index (Phi) is 4.67. The lowest BCUT2D eigenvalue weighted by atomic mass is 10.1. The number of benzene rings is 2. The van der Waals surface area contributed by atoms with E-state index in [0.717, 1.165) is 10.1 Å². The molecular formula is C22H18N4O4. The van der Waals surface area contributed by atoms with Crippen molar-refractivity contribution in [3.8, 4) is 11.6 Å². The molecule has 2 N–H and O–H groups in total. The van der Waals surface area contributed by atoms with E-state index in [1.165, 1.54) is 11.1 Å². The highest BCUT2D eigenvalue weighted by molar-refractivity contribution is 6.32. The third-order valence-corrected chi connectivity index (χ3v) is 4.77. The molecule has 1 aliphatic heterocycles. The number of carbonyl (C=O) groups is 1. The Morgan fingerprint density at radius 2 is 1.60 bits per heavy atom. The standard InChI is InChI=1S/C22H18N4O4/c1-13-8-10-16(11-9-13)26-21(29)17(14(2)24-26)12-18-19(27)23-22(30)25(20(18)28)15-6-4-3-5-7-15/h3-12,28H,1-2H3,(H,23,27,30). The lowest BCUT2D eigenvalue weighted by molar-refractivity contribution is -0.114. The zero-order valence-electron chi connectivity index (χ0n) is 16.3. The van der Waals surface area contributed by atoms with Crippen LogP contribution in [0, 0.1) is 6.92 Å². The van der Waals surface area contributed by atoms with Crippen molar-refractivity contribution in [1.82, 2.24) is 9.55 Å². The van der Waals surface area contributed by atoms with Crippen molar-refractivity contribution >= 4 is 23.4 Å². The molecule has 8 heteroatoms. The smallest absolute Gasteiger partial charge is 0.335 e. The second kappa shape index (κ2) is 7.32. The average molecular weight is 402 g/mol. The van der Waals surface area contributed by atoms with E-state index in [4.69, 9.17) is 0 Å². The number of nitrogens with one attached hydrogen (secondary N) is 1. The van der Waals surface area contributed by atoms with Gasteiger partial charge in [-0.3, -0.25) is 14.6 Å². The van der Waals surface area contributed by atoms with Gasteiger partial charge in [-0.05, 0) is 44.2 Å². The Labute approximate surface area is 171 Å². The SMILES string of the molecule is CC1=NN(c2ccc(C)cc2)C(=O)C1=Cc1c(O)n(-c2ccccc2)c(=O)[nH]c1=O. The lowest BCUT2D eigenvalue weighted by Crippen LogP contribution is -2.30. The Morgan fingerprint density at radius 3 is 2.27 bits per heavy atom. The number of para-hydroxylation sites is 1. The molecule has 4 rings (SSSR count). The summed E-state index contributed by atoms with van der Waals surface area (Å²) in [5, 5.41) is 16.2. The molecule has 0 aliphatic carbocycles. The molecule has 30 heavy (non-hydrogen) atoms. The summed E-state index contributed by atoms with van der Waals surface area (Å²) in [6.07, 6.45) is 1.25. The number of nitrogens with zero attached hydrogens (tertiary/aromatic N) is 3. The highest BCUT2D eigenvalue weighted by Crippen LogP contribution is 2.26. The monoisotopic (exact) mass is 402 g/mol. The molecular weight excluding hydrogens is 384 g/mol. The molecule has 1 amide bonds. The van der Waals surface area contributed by atoms with Crippen molar-refractivity contribution in [3.63, 3.8) is 0 Å². The van der Waals surface area contributed by atoms with E-state index in [9.17, 15) is 19.5 Å². The van der Waals surface area contributed by atoms with Gasteiger partial charge >= 0.3 is 5.69 Å². The van der Waals surface area contributed by atoms with Gasteiger partial charge in [-0.1, -0.05) is 35.9 Å². The van der Waals surface area contributed by atoms with Crippen LogP contribution in [0.3, 0.4) is 0 Å². The minimum Gasteiger partial charge on any atom is -0.494 e. The Hall–Kier alpha value is -4.20. The van der Waals surface area contributed by atoms with E-state index >= 15 is 0 Å². The van der Waals surface area contributed by atoms with Gasteiger partial charge in [-0.25, -0.2) is 9.36 Å². The number of carbonyl (C=O) groups excluding carboxylic acids is 1. The number of aromatic hydroxyl groups is 1. The maximum absolute atomic E-state index is 12.9. The van der Waals surface area contributed by atoms with E-state index < -0.39 is 23.0 Å². The first-order valence-corrected chi connectivity index (χ1v) is 9.19. The lowest BCUT2D eigenvalue weighted by Gasteiger charge is -2.12. The molecule has 2 aromatic carbocycles. The highest BCUT2D eigenvalue weighted by Gasteiger charge is 2.29. The molecule has 0 unspecified atom stereocenters. The predicted molar refractivity (Wildman–Crippen MR) is 114 cm³/mol. The number of aromatic amines is 1. The van der Waals surface area contributed by atoms with Crippen LogP contribution in [0.4, 0.5) is 5.69 Å². The maximum atomic E-state index is 12.9. The third kappa shape index (κ3) is 3.24. The van der Waals surface area contributed by atoms with Gasteiger partial charge in [-0.15, -0.1) is 0 Å². The van der Waals surface area contributed by atoms with Gasteiger partial charge < -0.3 is 5.11 Å². The van der Waals surface area contributed by atoms with Crippen molar-refractivity contribution < 1.29 is 9.90 Å². The largest absolute Gasteiger partial charge is 0.494 e. The third-order valence-electron chi connectivity index (χ3n) is 4.77. The average Bonchev–Trinajstić information content (AvgIpc) is 3.00. The number of hydrazone groups is 1. The number of amides is 1. The second-order valence-electron chi connectivity index (χ2n) is 6.86. The minimum absolute atomic E-state index is 0.148. The van der Waals surface area contributed by atoms with Crippen molar-refractivity contribution in [2.45, 2.75) is 13.8 Å². The fourth-order valence-electron chi connectivity index (χ4n) is 3.17. The van der Waals surface area contributed by atoms with Crippen LogP contribution in [0.5, 0.6) is 5.88 Å². The number of hydrogen-bond donors (Lipinski definition) is 2. The van der Waals surface area contributed by atoms with E-state index in [-0.39, 0.29) is 11.1 Å². The number of aromatic nitrogens is 2. The second-order valence-corrected chi connectivity index (χ2v) is 6.86. The van der Waals surface area contributed by atoms with Gasteiger partial charge in [0.1, 0.15) is 5.56 Å². The first-order valence-electron chi connectivity index (χ1n) is 9.19. The molecule has 2 heterocycles. The van der Waals surface area contributed by atoms with Crippen LogP contribution < -0.4 is 16.3 Å². The summed E-state index contributed by atoms with van der Waals surface area (Å²) in [5.41, 5.74) is 0.748. The van der Waals surface area contributed by atoms with Gasteiger partial charge in [0.15, 0.2) is 0 Å². The van der Waals surface area contributed by atoms with Crippen molar-refractivity contribution in [3.05, 3.63) is 92.1 Å². The topological polar surface area (TPSA) is 108 Å². The Bertz CT molecular complexity index is 1320. The molecule has 0 spiro atoms. The van der Waals surface area contributed by atoms with Crippen LogP contribution >= 0.6 is 0 Å². The van der Waals surface area contributed by atoms with Crippen LogP contribution in [0.25, 0.3) is 11.8 Å². The van der Waals surface area contributed by atoms with Gasteiger partial charge in [0.05, 0.1) is 22.7 Å². The summed E-state index contributed by atoms with van der Waals surface area (Å²) >= 11 is 0. The zero-order chi connectivity index (χ0) is 21.4. The van der Waals surface area contributed by atoms with Crippen molar-refractivity contribution in [2.75, 3.05) is 5.01 Å². The Balaban J connectivity index is 1.81. The van der Waals surface area contributed by atoms with E-state index in [2.05, 4.69) is 10.1 Å². The summed E-state index contributed by atoms with van der Waals surface area (Å²) in [4.78, 5) is 39.8. The van der Waals surface area contributed by atoms with Gasteiger partial charge in [-0.2, -0.15) is 10.1 Å². The quantitative estimate of drug-likeness (QED) is 0.656. The van der Waals surface area contributed by atoms with Gasteiger partial charge in [0.2, 0.25) is 5.88 Å². The molecule has 8 nitrogen and oxygen atoms in total. The van der Waals surface area contributed by atoms with Crippen LogP contribution in [-0.2, 0) is 4.79 Å². The molecule has 0 saturated carbocycles. The fourth-order valence-corrected chi connectivity index (χ4v) is 3.17. The molecule has 1 aromatic heterocycles. The van der Waals surface area contributed by atoms with Gasteiger partial charge in [0, 0.05) is 0 Å². The Morgan fingerprint density at radius 1 is 0.933 bits per heavy atom. The first-order chi connectivity index (χ1) is 14.4. The number of anilines is 1. The first kappa shape index (κ1) is 19.1. The van der Waals surface area contributed by atoms with Crippen LogP contribution in [0.1, 0.15) is 18.1 Å².